The number of thiophene rings is 1. The minimum absolute atomic E-state index is 0.444. The number of hydrogen-bond acceptors (Lipinski definition) is 3. The summed E-state index contributed by atoms with van der Waals surface area (Å²) in [7, 11) is 3.98. The molecule has 1 aliphatic rings. The molecule has 0 unspecified atom stereocenters. The van der Waals surface area contributed by atoms with Gasteiger partial charge in [-0.1, -0.05) is 6.07 Å². The highest BCUT2D eigenvalue weighted by Gasteiger charge is 2.42. The first-order chi connectivity index (χ1) is 10.7. The van der Waals surface area contributed by atoms with Gasteiger partial charge in [-0.05, 0) is 49.5 Å². The molecule has 0 aromatic carbocycles. The lowest BCUT2D eigenvalue weighted by atomic mass is 10.0. The summed E-state index contributed by atoms with van der Waals surface area (Å²) in [5.41, 5.74) is 0.444. The molecule has 1 fully saturated rings. The van der Waals surface area contributed by atoms with Gasteiger partial charge in [0.1, 0.15) is 0 Å². The van der Waals surface area contributed by atoms with Crippen molar-refractivity contribution in [1.29, 1.82) is 0 Å². The Labute approximate surface area is 138 Å². The van der Waals surface area contributed by atoms with Crippen LogP contribution in [0.5, 0.6) is 0 Å². The molecule has 1 heterocycles. The minimum Gasteiger partial charge on any atom is -0.382 e. The van der Waals surface area contributed by atoms with E-state index in [-0.39, 0.29) is 0 Å². The van der Waals surface area contributed by atoms with Crippen LogP contribution in [-0.2, 0) is 11.2 Å². The van der Waals surface area contributed by atoms with Crippen molar-refractivity contribution in [3.63, 3.8) is 0 Å². The maximum atomic E-state index is 5.50. The van der Waals surface area contributed by atoms with Crippen molar-refractivity contribution in [2.45, 2.75) is 32.6 Å². The fraction of sp³-hybridized carbons (Fsp3) is 0.706. The van der Waals surface area contributed by atoms with Gasteiger partial charge in [-0.15, -0.1) is 11.3 Å². The van der Waals surface area contributed by atoms with E-state index in [0.717, 1.165) is 45.1 Å². The van der Waals surface area contributed by atoms with E-state index in [0.29, 0.717) is 5.41 Å². The molecule has 4 nitrogen and oxygen atoms in total. The molecule has 0 bridgehead atoms. The lowest BCUT2D eigenvalue weighted by Crippen LogP contribution is -2.42. The van der Waals surface area contributed by atoms with Crippen LogP contribution in [0.1, 0.15) is 31.1 Å². The third-order valence-corrected chi connectivity index (χ3v) is 5.34. The summed E-state index contributed by atoms with van der Waals surface area (Å²) in [5.74, 6) is 0.999. The maximum absolute atomic E-state index is 5.50. The summed E-state index contributed by atoms with van der Waals surface area (Å²) < 4.78 is 5.50. The predicted octanol–water partition coefficient (Wildman–Crippen LogP) is 3.00. The third-order valence-electron chi connectivity index (χ3n) is 4.41. The number of nitrogens with one attached hydrogen (secondary N) is 1. The van der Waals surface area contributed by atoms with Gasteiger partial charge < -0.3 is 15.0 Å². The van der Waals surface area contributed by atoms with E-state index in [1.807, 2.05) is 18.4 Å². The van der Waals surface area contributed by atoms with Crippen LogP contribution < -0.4 is 5.32 Å². The fourth-order valence-corrected chi connectivity index (χ4v) is 3.31. The van der Waals surface area contributed by atoms with E-state index >= 15 is 0 Å². The zero-order valence-corrected chi connectivity index (χ0v) is 14.9. The van der Waals surface area contributed by atoms with E-state index in [4.69, 9.17) is 4.74 Å². The number of aliphatic imine (C=N–C) groups is 1. The summed E-state index contributed by atoms with van der Waals surface area (Å²) >= 11 is 1.82. The lowest BCUT2D eigenvalue weighted by Gasteiger charge is -2.24. The Kier molecular flexibility index (Phi) is 6.70. The molecule has 1 N–H and O–H groups in total. The number of guanidine groups is 1. The Morgan fingerprint density at radius 3 is 2.91 bits per heavy atom. The molecule has 0 spiro atoms. The van der Waals surface area contributed by atoms with E-state index in [1.165, 1.54) is 17.7 Å². The summed E-state index contributed by atoms with van der Waals surface area (Å²) in [6.07, 6.45) is 4.85. The standard InChI is InChI=1S/C17H29N3OS/c1-4-21-12-10-17(8-9-17)14-19-16(18-2)20(3)11-7-15-6-5-13-22-15/h5-6,13H,4,7-12,14H2,1-3H3,(H,18,19). The molecule has 1 aliphatic carbocycles. The second-order valence-corrected chi connectivity index (χ2v) is 7.13. The largest absolute Gasteiger partial charge is 0.382 e. The highest BCUT2D eigenvalue weighted by atomic mass is 32.1. The summed E-state index contributed by atoms with van der Waals surface area (Å²) in [6.45, 7) is 5.76. The van der Waals surface area contributed by atoms with Gasteiger partial charge in [0, 0.05) is 45.3 Å². The summed E-state index contributed by atoms with van der Waals surface area (Å²) in [5, 5.41) is 5.69. The molecule has 0 atom stereocenters. The Morgan fingerprint density at radius 1 is 1.50 bits per heavy atom. The number of hydrogen-bond donors (Lipinski definition) is 1. The van der Waals surface area contributed by atoms with Crippen molar-refractivity contribution in [3.05, 3.63) is 22.4 Å². The average molecular weight is 324 g/mol. The normalized spacial score (nSPS) is 16.6. The van der Waals surface area contributed by atoms with Crippen LogP contribution in [0.4, 0.5) is 0 Å². The van der Waals surface area contributed by atoms with Crippen molar-refractivity contribution in [1.82, 2.24) is 10.2 Å². The smallest absolute Gasteiger partial charge is 0.193 e. The van der Waals surface area contributed by atoms with Gasteiger partial charge in [-0.25, -0.2) is 0 Å². The van der Waals surface area contributed by atoms with Crippen LogP contribution in [0.25, 0.3) is 0 Å². The zero-order valence-electron chi connectivity index (χ0n) is 14.1. The van der Waals surface area contributed by atoms with Crippen LogP contribution >= 0.6 is 11.3 Å². The van der Waals surface area contributed by atoms with Gasteiger partial charge in [0.2, 0.25) is 0 Å². The molecule has 1 aromatic heterocycles. The van der Waals surface area contributed by atoms with Crippen molar-refractivity contribution < 1.29 is 4.74 Å². The monoisotopic (exact) mass is 323 g/mol. The third kappa shape index (κ3) is 5.29. The van der Waals surface area contributed by atoms with Gasteiger partial charge in [0.15, 0.2) is 5.96 Å². The molecule has 5 heteroatoms. The topological polar surface area (TPSA) is 36.9 Å². The van der Waals surface area contributed by atoms with Gasteiger partial charge in [-0.3, -0.25) is 4.99 Å². The Hall–Kier alpha value is -1.07. The first-order valence-electron chi connectivity index (χ1n) is 8.21. The van der Waals surface area contributed by atoms with Crippen molar-refractivity contribution >= 4 is 17.3 Å². The average Bonchev–Trinajstić information content (AvgIpc) is 3.09. The molecule has 1 saturated carbocycles. The molecule has 0 amide bonds. The molecule has 0 radical (unpaired) electrons. The Morgan fingerprint density at radius 2 is 2.32 bits per heavy atom. The highest BCUT2D eigenvalue weighted by molar-refractivity contribution is 7.09. The molecular weight excluding hydrogens is 294 g/mol. The SMILES string of the molecule is CCOCCC1(CNC(=NC)N(C)CCc2cccs2)CC1. The predicted molar refractivity (Wildman–Crippen MR) is 94.8 cm³/mol. The van der Waals surface area contributed by atoms with E-state index < -0.39 is 0 Å². The quantitative estimate of drug-likeness (QED) is 0.431. The van der Waals surface area contributed by atoms with Crippen molar-refractivity contribution in [2.75, 3.05) is 40.4 Å². The molecule has 2 rings (SSSR count). The minimum atomic E-state index is 0.444. The molecule has 124 valence electrons. The van der Waals surface area contributed by atoms with Gasteiger partial charge in [0.05, 0.1) is 0 Å². The number of rotatable bonds is 9. The Balaban J connectivity index is 1.72. The van der Waals surface area contributed by atoms with Crippen molar-refractivity contribution in [3.8, 4) is 0 Å². The van der Waals surface area contributed by atoms with Crippen molar-refractivity contribution in [2.24, 2.45) is 10.4 Å². The first-order valence-corrected chi connectivity index (χ1v) is 9.09. The second kappa shape index (κ2) is 8.53. The molecule has 0 aliphatic heterocycles. The maximum Gasteiger partial charge on any atom is 0.193 e. The summed E-state index contributed by atoms with van der Waals surface area (Å²) in [4.78, 5) is 8.07. The Bertz CT molecular complexity index is 454. The van der Waals surface area contributed by atoms with Gasteiger partial charge >= 0.3 is 0 Å². The molecule has 22 heavy (non-hydrogen) atoms. The van der Waals surface area contributed by atoms with Crippen LogP contribution in [0.2, 0.25) is 0 Å². The lowest BCUT2D eigenvalue weighted by molar-refractivity contribution is 0.128. The number of likely N-dealkylation sites (N-methyl/N-ethyl adjacent to an activating group) is 1. The molecule has 0 saturated heterocycles. The van der Waals surface area contributed by atoms with Gasteiger partial charge in [-0.2, -0.15) is 0 Å². The van der Waals surface area contributed by atoms with E-state index in [1.54, 1.807) is 0 Å². The number of nitrogens with zero attached hydrogens (tertiary/aromatic N) is 2. The highest BCUT2D eigenvalue weighted by Crippen LogP contribution is 2.48. The zero-order chi connectivity index (χ0) is 15.8. The summed E-state index contributed by atoms with van der Waals surface area (Å²) in [6, 6.07) is 4.31. The van der Waals surface area contributed by atoms with Crippen LogP contribution in [0, 0.1) is 5.41 Å². The fourth-order valence-electron chi connectivity index (χ4n) is 2.61. The molecule has 1 aromatic rings. The van der Waals surface area contributed by atoms with Gasteiger partial charge in [0.25, 0.3) is 0 Å². The number of ether oxygens (including phenoxy) is 1. The van der Waals surface area contributed by atoms with E-state index in [9.17, 15) is 0 Å². The first kappa shape index (κ1) is 17.3. The van der Waals surface area contributed by atoms with Crippen LogP contribution in [-0.4, -0.2) is 51.3 Å². The van der Waals surface area contributed by atoms with Crippen LogP contribution in [0.3, 0.4) is 0 Å². The van der Waals surface area contributed by atoms with E-state index in [2.05, 4.69) is 46.7 Å². The van der Waals surface area contributed by atoms with Crippen LogP contribution in [0.15, 0.2) is 22.5 Å². The second-order valence-electron chi connectivity index (χ2n) is 6.10. The molecular formula is C17H29N3OS.